The first kappa shape index (κ1) is 17.9. The average Bonchev–Trinajstić information content (AvgIpc) is 2.97. The molecule has 23 heavy (non-hydrogen) atoms. The Hall–Kier alpha value is -1.44. The number of hydrogen-bond acceptors (Lipinski definition) is 4. The largest absolute Gasteiger partial charge is 0.434 e. The van der Waals surface area contributed by atoms with E-state index in [1.165, 1.54) is 0 Å². The summed E-state index contributed by atoms with van der Waals surface area (Å²) in [6, 6.07) is 9.76. The van der Waals surface area contributed by atoms with Crippen LogP contribution in [0.2, 0.25) is 0 Å². The van der Waals surface area contributed by atoms with Crippen molar-refractivity contribution in [1.82, 2.24) is 9.88 Å². The molecule has 0 radical (unpaired) electrons. The highest BCUT2D eigenvalue weighted by molar-refractivity contribution is 7.09. The summed E-state index contributed by atoms with van der Waals surface area (Å²) < 4.78 is 38.0. The molecule has 0 fully saturated rings. The van der Waals surface area contributed by atoms with Gasteiger partial charge in [0.1, 0.15) is 5.01 Å². The lowest BCUT2D eigenvalue weighted by Gasteiger charge is -2.28. The minimum absolute atomic E-state index is 0.0398. The Balaban J connectivity index is 2.12. The first-order valence-corrected chi connectivity index (χ1v) is 8.18. The molecule has 0 aliphatic rings. The van der Waals surface area contributed by atoms with Crippen LogP contribution in [0.1, 0.15) is 29.6 Å². The summed E-state index contributed by atoms with van der Waals surface area (Å²) >= 11 is 1.02. The Morgan fingerprint density at radius 1 is 1.22 bits per heavy atom. The summed E-state index contributed by atoms with van der Waals surface area (Å²) in [7, 11) is 0. The van der Waals surface area contributed by atoms with Crippen LogP contribution in [0.5, 0.6) is 0 Å². The zero-order valence-electron chi connectivity index (χ0n) is 12.8. The zero-order chi connectivity index (χ0) is 16.9. The van der Waals surface area contributed by atoms with E-state index in [1.807, 2.05) is 42.2 Å². The third kappa shape index (κ3) is 5.30. The number of hydrogen-bond donors (Lipinski definition) is 1. The molecule has 2 rings (SSSR count). The molecule has 1 heterocycles. The molecule has 0 saturated carbocycles. The number of aliphatic hydroxyl groups excluding tert-OH is 1. The van der Waals surface area contributed by atoms with Gasteiger partial charge in [0.05, 0.1) is 6.54 Å². The number of thiazole rings is 1. The Morgan fingerprint density at radius 2 is 1.91 bits per heavy atom. The molecule has 0 spiro atoms. The Morgan fingerprint density at radius 3 is 2.48 bits per heavy atom. The van der Waals surface area contributed by atoms with Crippen molar-refractivity contribution in [3.63, 3.8) is 0 Å². The number of nitrogens with zero attached hydrogens (tertiary/aromatic N) is 2. The van der Waals surface area contributed by atoms with Gasteiger partial charge in [-0.15, -0.1) is 11.3 Å². The third-order valence-electron chi connectivity index (χ3n) is 3.58. The van der Waals surface area contributed by atoms with Crippen molar-refractivity contribution in [3.8, 4) is 0 Å². The molecule has 1 aromatic heterocycles. The van der Waals surface area contributed by atoms with Gasteiger partial charge in [0.15, 0.2) is 5.69 Å². The van der Waals surface area contributed by atoms with Crippen LogP contribution in [0.15, 0.2) is 35.7 Å². The summed E-state index contributed by atoms with van der Waals surface area (Å²) in [5.41, 5.74) is 0.233. The van der Waals surface area contributed by atoms with Gasteiger partial charge in [0, 0.05) is 24.6 Å². The van der Waals surface area contributed by atoms with E-state index in [4.69, 9.17) is 5.11 Å². The van der Waals surface area contributed by atoms with Crippen LogP contribution >= 0.6 is 11.3 Å². The van der Waals surface area contributed by atoms with Crippen molar-refractivity contribution in [1.29, 1.82) is 0 Å². The fraction of sp³-hybridized carbons (Fsp3) is 0.438. The van der Waals surface area contributed by atoms with Gasteiger partial charge >= 0.3 is 6.18 Å². The highest BCUT2D eigenvalue weighted by Crippen LogP contribution is 2.30. The molecular weight excluding hydrogens is 325 g/mol. The smallest absolute Gasteiger partial charge is 0.396 e. The second-order valence-corrected chi connectivity index (χ2v) is 6.32. The van der Waals surface area contributed by atoms with Crippen LogP contribution < -0.4 is 0 Å². The normalized spacial score (nSPS) is 13.5. The topological polar surface area (TPSA) is 36.4 Å². The fourth-order valence-electron chi connectivity index (χ4n) is 2.24. The van der Waals surface area contributed by atoms with Gasteiger partial charge in [0.25, 0.3) is 0 Å². The van der Waals surface area contributed by atoms with E-state index in [0.29, 0.717) is 24.5 Å². The number of benzene rings is 1. The van der Waals surface area contributed by atoms with Crippen molar-refractivity contribution in [2.75, 3.05) is 6.61 Å². The van der Waals surface area contributed by atoms with Gasteiger partial charge in [-0.25, -0.2) is 4.98 Å². The molecule has 0 saturated heterocycles. The Kier molecular flexibility index (Phi) is 6.15. The van der Waals surface area contributed by atoms with E-state index < -0.39 is 11.9 Å². The average molecular weight is 344 g/mol. The first-order chi connectivity index (χ1) is 10.9. The molecule has 1 unspecified atom stereocenters. The maximum Gasteiger partial charge on any atom is 0.434 e. The van der Waals surface area contributed by atoms with Gasteiger partial charge in [0.2, 0.25) is 0 Å². The van der Waals surface area contributed by atoms with Gasteiger partial charge < -0.3 is 5.11 Å². The lowest BCUT2D eigenvalue weighted by molar-refractivity contribution is -0.140. The van der Waals surface area contributed by atoms with Gasteiger partial charge in [-0.2, -0.15) is 13.2 Å². The standard InChI is InChI=1S/C16H19F3N2OS/c1-12(7-8-22)21(9-13-5-3-2-4-6-13)10-15-20-14(11-23-15)16(17,18)19/h2-6,11-12,22H,7-10H2,1H3. The molecule has 3 nitrogen and oxygen atoms in total. The number of rotatable bonds is 7. The number of aliphatic hydroxyl groups is 1. The Bertz CT molecular complexity index is 601. The van der Waals surface area contributed by atoms with Gasteiger partial charge in [-0.3, -0.25) is 4.90 Å². The maximum absolute atomic E-state index is 12.7. The van der Waals surface area contributed by atoms with Crippen molar-refractivity contribution < 1.29 is 18.3 Å². The van der Waals surface area contributed by atoms with Gasteiger partial charge in [-0.05, 0) is 18.9 Å². The van der Waals surface area contributed by atoms with Crippen molar-refractivity contribution in [2.24, 2.45) is 0 Å². The van der Waals surface area contributed by atoms with Crippen molar-refractivity contribution in [3.05, 3.63) is 52.0 Å². The van der Waals surface area contributed by atoms with E-state index in [2.05, 4.69) is 4.98 Å². The Labute approximate surface area is 137 Å². The fourth-order valence-corrected chi connectivity index (χ4v) is 3.07. The maximum atomic E-state index is 12.7. The molecule has 2 aromatic rings. The second-order valence-electron chi connectivity index (χ2n) is 5.38. The zero-order valence-corrected chi connectivity index (χ0v) is 13.6. The molecule has 1 aromatic carbocycles. The molecule has 1 atom stereocenters. The number of halogens is 3. The summed E-state index contributed by atoms with van der Waals surface area (Å²) in [6.07, 6.45) is -3.85. The SMILES string of the molecule is CC(CCO)N(Cc1ccccc1)Cc1nc(C(F)(F)F)cs1. The highest BCUT2D eigenvalue weighted by atomic mass is 32.1. The predicted octanol–water partition coefficient (Wildman–Crippen LogP) is 3.94. The number of alkyl halides is 3. The molecule has 0 aliphatic heterocycles. The van der Waals surface area contributed by atoms with Crippen LogP contribution in [0.3, 0.4) is 0 Å². The minimum Gasteiger partial charge on any atom is -0.396 e. The summed E-state index contributed by atoms with van der Waals surface area (Å²) in [5.74, 6) is 0. The van der Waals surface area contributed by atoms with E-state index >= 15 is 0 Å². The molecule has 126 valence electrons. The van der Waals surface area contributed by atoms with Crippen LogP contribution in [-0.4, -0.2) is 27.6 Å². The molecular formula is C16H19F3N2OS. The predicted molar refractivity (Wildman–Crippen MR) is 84.0 cm³/mol. The third-order valence-corrected chi connectivity index (χ3v) is 4.41. The first-order valence-electron chi connectivity index (χ1n) is 7.30. The molecule has 0 amide bonds. The van der Waals surface area contributed by atoms with Crippen LogP contribution in [-0.2, 0) is 19.3 Å². The quantitative estimate of drug-likeness (QED) is 0.827. The number of aromatic nitrogens is 1. The van der Waals surface area contributed by atoms with E-state index in [9.17, 15) is 13.2 Å². The van der Waals surface area contributed by atoms with E-state index in [-0.39, 0.29) is 12.6 Å². The van der Waals surface area contributed by atoms with Crippen molar-refractivity contribution >= 4 is 11.3 Å². The van der Waals surface area contributed by atoms with E-state index in [1.54, 1.807) is 0 Å². The summed E-state index contributed by atoms with van der Waals surface area (Å²) in [6.45, 7) is 2.93. The molecule has 0 bridgehead atoms. The van der Waals surface area contributed by atoms with E-state index in [0.717, 1.165) is 22.3 Å². The lowest BCUT2D eigenvalue weighted by atomic mass is 10.1. The molecule has 7 heteroatoms. The summed E-state index contributed by atoms with van der Waals surface area (Å²) in [4.78, 5) is 5.73. The minimum atomic E-state index is -4.41. The lowest BCUT2D eigenvalue weighted by Crippen LogP contribution is -2.32. The highest BCUT2D eigenvalue weighted by Gasteiger charge is 2.33. The molecule has 0 aliphatic carbocycles. The van der Waals surface area contributed by atoms with Crippen molar-refractivity contribution in [2.45, 2.75) is 38.7 Å². The monoisotopic (exact) mass is 344 g/mol. The van der Waals surface area contributed by atoms with Crippen LogP contribution in [0.25, 0.3) is 0 Å². The van der Waals surface area contributed by atoms with Gasteiger partial charge in [-0.1, -0.05) is 30.3 Å². The second kappa shape index (κ2) is 7.90. The summed E-state index contributed by atoms with van der Waals surface area (Å²) in [5, 5.41) is 10.6. The molecule has 1 N–H and O–H groups in total. The van der Waals surface area contributed by atoms with Crippen LogP contribution in [0, 0.1) is 0 Å². The van der Waals surface area contributed by atoms with Crippen LogP contribution in [0.4, 0.5) is 13.2 Å².